The summed E-state index contributed by atoms with van der Waals surface area (Å²) in [6, 6.07) is 16.7. The van der Waals surface area contributed by atoms with E-state index in [0.29, 0.717) is 24.3 Å². The second-order valence-electron chi connectivity index (χ2n) is 5.73. The molecule has 2 amide bonds. The van der Waals surface area contributed by atoms with Gasteiger partial charge in [0.1, 0.15) is 12.4 Å². The molecule has 5 heteroatoms. The number of para-hydroxylation sites is 1. The Morgan fingerprint density at radius 3 is 2.40 bits per heavy atom. The second-order valence-corrected chi connectivity index (χ2v) is 5.73. The average molecular weight is 340 g/mol. The third kappa shape index (κ3) is 6.30. The molecule has 0 aliphatic carbocycles. The lowest BCUT2D eigenvalue weighted by atomic mass is 10.2. The molecule has 0 radical (unpaired) electrons. The van der Waals surface area contributed by atoms with E-state index in [4.69, 9.17) is 4.74 Å². The number of hydrogen-bond acceptors (Lipinski definition) is 3. The highest BCUT2D eigenvalue weighted by Crippen LogP contribution is 2.19. The number of rotatable bonds is 8. The standard InChI is InChI=1S/C20H24N2O3/c1-2-3-5-14-19(23)21-22-20(24)17-12-8-9-13-18(17)25-15-16-10-6-4-7-11-16/h4,6-13H,2-3,5,14-15H2,1H3,(H,21,23)(H,22,24). The zero-order valence-corrected chi connectivity index (χ0v) is 14.5. The first-order chi connectivity index (χ1) is 12.2. The molecule has 0 aliphatic heterocycles. The lowest BCUT2D eigenvalue weighted by Gasteiger charge is -2.12. The van der Waals surface area contributed by atoms with Crippen molar-refractivity contribution < 1.29 is 14.3 Å². The Bertz CT molecular complexity index is 686. The molecule has 132 valence electrons. The number of carbonyl (C=O) groups is 2. The molecule has 0 saturated heterocycles. The number of amides is 2. The van der Waals surface area contributed by atoms with Crippen molar-refractivity contribution in [2.24, 2.45) is 0 Å². The van der Waals surface area contributed by atoms with Crippen LogP contribution in [0.15, 0.2) is 54.6 Å². The Labute approximate surface area is 148 Å². The summed E-state index contributed by atoms with van der Waals surface area (Å²) >= 11 is 0. The van der Waals surface area contributed by atoms with E-state index in [0.717, 1.165) is 24.8 Å². The van der Waals surface area contributed by atoms with Crippen molar-refractivity contribution in [3.8, 4) is 5.75 Å². The van der Waals surface area contributed by atoms with Crippen LogP contribution in [0, 0.1) is 0 Å². The highest BCUT2D eigenvalue weighted by molar-refractivity contribution is 5.97. The molecule has 2 aromatic carbocycles. The van der Waals surface area contributed by atoms with Gasteiger partial charge in [0.2, 0.25) is 5.91 Å². The molecule has 0 atom stereocenters. The van der Waals surface area contributed by atoms with Gasteiger partial charge in [-0.1, -0.05) is 62.2 Å². The van der Waals surface area contributed by atoms with Crippen molar-refractivity contribution in [2.75, 3.05) is 0 Å². The van der Waals surface area contributed by atoms with E-state index in [2.05, 4.69) is 17.8 Å². The van der Waals surface area contributed by atoms with Crippen LogP contribution in [0.5, 0.6) is 5.75 Å². The molecule has 2 aromatic rings. The third-order valence-corrected chi connectivity index (χ3v) is 3.69. The van der Waals surface area contributed by atoms with Gasteiger partial charge < -0.3 is 4.74 Å². The number of unbranched alkanes of at least 4 members (excludes halogenated alkanes) is 2. The van der Waals surface area contributed by atoms with Crippen molar-refractivity contribution in [3.63, 3.8) is 0 Å². The smallest absolute Gasteiger partial charge is 0.273 e. The van der Waals surface area contributed by atoms with Gasteiger partial charge in [0, 0.05) is 6.42 Å². The van der Waals surface area contributed by atoms with E-state index >= 15 is 0 Å². The summed E-state index contributed by atoms with van der Waals surface area (Å²) in [5, 5.41) is 0. The summed E-state index contributed by atoms with van der Waals surface area (Å²) in [6.07, 6.45) is 3.26. The normalized spacial score (nSPS) is 10.1. The van der Waals surface area contributed by atoms with Crippen molar-refractivity contribution in [2.45, 2.75) is 39.2 Å². The molecule has 0 heterocycles. The zero-order valence-electron chi connectivity index (χ0n) is 14.5. The molecule has 0 bridgehead atoms. The van der Waals surface area contributed by atoms with Crippen LogP contribution in [0.2, 0.25) is 0 Å². The van der Waals surface area contributed by atoms with Crippen LogP contribution in [-0.2, 0) is 11.4 Å². The van der Waals surface area contributed by atoms with Crippen molar-refractivity contribution >= 4 is 11.8 Å². The maximum atomic E-state index is 12.3. The summed E-state index contributed by atoms with van der Waals surface area (Å²) in [5.41, 5.74) is 6.29. The minimum absolute atomic E-state index is 0.190. The van der Waals surface area contributed by atoms with E-state index in [1.807, 2.05) is 30.3 Å². The zero-order chi connectivity index (χ0) is 17.9. The molecule has 25 heavy (non-hydrogen) atoms. The molecule has 2 N–H and O–H groups in total. The first kappa shape index (κ1) is 18.5. The number of ether oxygens (including phenoxy) is 1. The molecular weight excluding hydrogens is 316 g/mol. The number of hydrazine groups is 1. The van der Waals surface area contributed by atoms with Crippen molar-refractivity contribution in [1.82, 2.24) is 10.9 Å². The Morgan fingerprint density at radius 2 is 1.64 bits per heavy atom. The van der Waals surface area contributed by atoms with Gasteiger partial charge in [-0.3, -0.25) is 20.4 Å². The quantitative estimate of drug-likeness (QED) is 0.570. The Kier molecular flexibility index (Phi) is 7.50. The van der Waals surface area contributed by atoms with Gasteiger partial charge in [-0.25, -0.2) is 0 Å². The van der Waals surface area contributed by atoms with Gasteiger partial charge in [-0.15, -0.1) is 0 Å². The van der Waals surface area contributed by atoms with E-state index < -0.39 is 5.91 Å². The molecule has 0 aliphatic rings. The Morgan fingerprint density at radius 1 is 0.920 bits per heavy atom. The van der Waals surface area contributed by atoms with Gasteiger partial charge in [0.25, 0.3) is 5.91 Å². The third-order valence-electron chi connectivity index (χ3n) is 3.69. The van der Waals surface area contributed by atoms with Crippen LogP contribution in [-0.4, -0.2) is 11.8 Å². The number of benzene rings is 2. The van der Waals surface area contributed by atoms with E-state index in [9.17, 15) is 9.59 Å². The number of nitrogens with one attached hydrogen (secondary N) is 2. The van der Waals surface area contributed by atoms with Crippen LogP contribution < -0.4 is 15.6 Å². The fourth-order valence-corrected chi connectivity index (χ4v) is 2.31. The Hall–Kier alpha value is -2.82. The number of hydrogen-bond donors (Lipinski definition) is 2. The molecule has 0 saturated carbocycles. The molecule has 5 nitrogen and oxygen atoms in total. The first-order valence-corrected chi connectivity index (χ1v) is 8.55. The van der Waals surface area contributed by atoms with Gasteiger partial charge in [-0.05, 0) is 24.1 Å². The van der Waals surface area contributed by atoms with Crippen LogP contribution in [0.4, 0.5) is 0 Å². The van der Waals surface area contributed by atoms with E-state index in [1.165, 1.54) is 0 Å². The molecule has 0 unspecified atom stereocenters. The molecule has 2 rings (SSSR count). The summed E-state index contributed by atoms with van der Waals surface area (Å²) in [7, 11) is 0. The highest BCUT2D eigenvalue weighted by atomic mass is 16.5. The predicted octanol–water partition coefficient (Wildman–Crippen LogP) is 3.61. The van der Waals surface area contributed by atoms with Crippen LogP contribution in [0.25, 0.3) is 0 Å². The number of carbonyl (C=O) groups excluding carboxylic acids is 2. The Balaban J connectivity index is 1.90. The SMILES string of the molecule is CCCCCC(=O)NNC(=O)c1ccccc1OCc1ccccc1. The maximum absolute atomic E-state index is 12.3. The van der Waals surface area contributed by atoms with Crippen LogP contribution in [0.3, 0.4) is 0 Å². The van der Waals surface area contributed by atoms with Gasteiger partial charge >= 0.3 is 0 Å². The van der Waals surface area contributed by atoms with Crippen molar-refractivity contribution in [3.05, 3.63) is 65.7 Å². The summed E-state index contributed by atoms with van der Waals surface area (Å²) < 4.78 is 5.76. The van der Waals surface area contributed by atoms with Gasteiger partial charge in [0.15, 0.2) is 0 Å². The molecule has 0 aromatic heterocycles. The topological polar surface area (TPSA) is 67.4 Å². The van der Waals surface area contributed by atoms with Crippen molar-refractivity contribution in [1.29, 1.82) is 0 Å². The fourth-order valence-electron chi connectivity index (χ4n) is 2.31. The lowest BCUT2D eigenvalue weighted by molar-refractivity contribution is -0.121. The molecular formula is C20H24N2O3. The minimum atomic E-state index is -0.396. The van der Waals surface area contributed by atoms with Gasteiger partial charge in [-0.2, -0.15) is 0 Å². The second kappa shape index (κ2) is 10.1. The summed E-state index contributed by atoms with van der Waals surface area (Å²) in [5.74, 6) is -0.110. The highest BCUT2D eigenvalue weighted by Gasteiger charge is 2.13. The maximum Gasteiger partial charge on any atom is 0.273 e. The largest absolute Gasteiger partial charge is 0.488 e. The minimum Gasteiger partial charge on any atom is -0.488 e. The van der Waals surface area contributed by atoms with Gasteiger partial charge in [0.05, 0.1) is 5.56 Å². The van der Waals surface area contributed by atoms with E-state index in [-0.39, 0.29) is 5.91 Å². The first-order valence-electron chi connectivity index (χ1n) is 8.55. The summed E-state index contributed by atoms with van der Waals surface area (Å²) in [4.78, 5) is 24.0. The van der Waals surface area contributed by atoms with Crippen LogP contribution in [0.1, 0.15) is 48.5 Å². The predicted molar refractivity (Wildman–Crippen MR) is 97.0 cm³/mol. The fraction of sp³-hybridized carbons (Fsp3) is 0.300. The lowest BCUT2D eigenvalue weighted by Crippen LogP contribution is -2.41. The average Bonchev–Trinajstić information content (AvgIpc) is 2.66. The molecule has 0 fully saturated rings. The monoisotopic (exact) mass is 340 g/mol. The van der Waals surface area contributed by atoms with E-state index in [1.54, 1.807) is 24.3 Å². The molecule has 0 spiro atoms. The summed E-state index contributed by atoms with van der Waals surface area (Å²) in [6.45, 7) is 2.45. The van der Waals surface area contributed by atoms with Crippen LogP contribution >= 0.6 is 0 Å².